The number of halogens is 1. The molecule has 0 N–H and O–H groups in total. The SMILES string of the molecule is CCc1ncc(Br)c(-c2cccnc2)n1. The Morgan fingerprint density at radius 3 is 2.87 bits per heavy atom. The monoisotopic (exact) mass is 263 g/mol. The van der Waals surface area contributed by atoms with Gasteiger partial charge >= 0.3 is 0 Å². The largest absolute Gasteiger partial charge is 0.264 e. The highest BCUT2D eigenvalue weighted by molar-refractivity contribution is 9.10. The Morgan fingerprint density at radius 2 is 2.20 bits per heavy atom. The molecule has 0 aliphatic heterocycles. The minimum atomic E-state index is 0.834. The highest BCUT2D eigenvalue weighted by Crippen LogP contribution is 2.24. The number of aryl methyl sites for hydroxylation is 1. The molecule has 0 saturated heterocycles. The fourth-order valence-corrected chi connectivity index (χ4v) is 1.70. The van der Waals surface area contributed by atoms with Crippen LogP contribution in [-0.4, -0.2) is 15.0 Å². The van der Waals surface area contributed by atoms with Crippen molar-refractivity contribution < 1.29 is 0 Å². The number of hydrogen-bond donors (Lipinski definition) is 0. The third kappa shape index (κ3) is 2.21. The zero-order valence-corrected chi connectivity index (χ0v) is 9.90. The average molecular weight is 264 g/mol. The molecule has 0 amide bonds. The zero-order valence-electron chi connectivity index (χ0n) is 8.31. The Hall–Kier alpha value is -1.29. The molecule has 3 nitrogen and oxygen atoms in total. The molecule has 4 heteroatoms. The first-order valence-corrected chi connectivity index (χ1v) is 5.52. The molecule has 0 saturated carbocycles. The van der Waals surface area contributed by atoms with Gasteiger partial charge in [0.05, 0.1) is 10.2 Å². The van der Waals surface area contributed by atoms with Gasteiger partial charge in [-0.2, -0.15) is 0 Å². The first-order chi connectivity index (χ1) is 7.31. The lowest BCUT2D eigenvalue weighted by Gasteiger charge is -2.04. The Bertz CT molecular complexity index is 457. The Morgan fingerprint density at radius 1 is 1.33 bits per heavy atom. The molecule has 2 aromatic heterocycles. The molecule has 0 aliphatic carbocycles. The van der Waals surface area contributed by atoms with E-state index in [1.807, 2.05) is 19.1 Å². The molecule has 15 heavy (non-hydrogen) atoms. The predicted molar refractivity (Wildman–Crippen MR) is 62.3 cm³/mol. The van der Waals surface area contributed by atoms with Gasteiger partial charge in [0.15, 0.2) is 0 Å². The van der Waals surface area contributed by atoms with Gasteiger partial charge in [0.2, 0.25) is 0 Å². The highest BCUT2D eigenvalue weighted by atomic mass is 79.9. The van der Waals surface area contributed by atoms with Gasteiger partial charge in [-0.1, -0.05) is 6.92 Å². The van der Waals surface area contributed by atoms with Gasteiger partial charge in [-0.05, 0) is 28.1 Å². The number of nitrogens with zero attached hydrogens (tertiary/aromatic N) is 3. The van der Waals surface area contributed by atoms with Gasteiger partial charge in [-0.3, -0.25) is 4.98 Å². The van der Waals surface area contributed by atoms with E-state index in [1.165, 1.54) is 0 Å². The van der Waals surface area contributed by atoms with E-state index in [0.29, 0.717) is 0 Å². The lowest BCUT2D eigenvalue weighted by molar-refractivity contribution is 0.937. The predicted octanol–water partition coefficient (Wildman–Crippen LogP) is 2.86. The summed E-state index contributed by atoms with van der Waals surface area (Å²) in [5.74, 6) is 0.844. The molecule has 0 spiro atoms. The highest BCUT2D eigenvalue weighted by Gasteiger charge is 2.06. The van der Waals surface area contributed by atoms with Crippen molar-refractivity contribution in [1.82, 2.24) is 15.0 Å². The second kappa shape index (κ2) is 4.49. The minimum absolute atomic E-state index is 0.834. The van der Waals surface area contributed by atoms with Crippen LogP contribution < -0.4 is 0 Å². The van der Waals surface area contributed by atoms with Crippen molar-refractivity contribution in [3.63, 3.8) is 0 Å². The summed E-state index contributed by atoms with van der Waals surface area (Å²) in [6.45, 7) is 2.04. The molecule has 0 unspecified atom stereocenters. The maximum Gasteiger partial charge on any atom is 0.128 e. The molecule has 2 aromatic rings. The van der Waals surface area contributed by atoms with Crippen LogP contribution in [-0.2, 0) is 6.42 Å². The quantitative estimate of drug-likeness (QED) is 0.837. The summed E-state index contributed by atoms with van der Waals surface area (Å²) in [4.78, 5) is 12.7. The Kier molecular flexibility index (Phi) is 3.06. The number of hydrogen-bond acceptors (Lipinski definition) is 3. The van der Waals surface area contributed by atoms with Gasteiger partial charge in [0.1, 0.15) is 5.82 Å². The van der Waals surface area contributed by atoms with E-state index in [-0.39, 0.29) is 0 Å². The van der Waals surface area contributed by atoms with Crippen molar-refractivity contribution in [2.45, 2.75) is 13.3 Å². The Balaban J connectivity index is 2.52. The average Bonchev–Trinajstić information content (AvgIpc) is 2.31. The molecule has 0 aliphatic rings. The number of aromatic nitrogens is 3. The summed E-state index contributed by atoms with van der Waals surface area (Å²) in [6.07, 6.45) is 6.17. The molecule has 76 valence electrons. The number of rotatable bonds is 2. The van der Waals surface area contributed by atoms with Crippen molar-refractivity contribution in [3.05, 3.63) is 41.0 Å². The van der Waals surface area contributed by atoms with Crippen LogP contribution >= 0.6 is 15.9 Å². The third-order valence-electron chi connectivity index (χ3n) is 2.05. The summed E-state index contributed by atoms with van der Waals surface area (Å²) in [5, 5.41) is 0. The lowest BCUT2D eigenvalue weighted by atomic mass is 10.2. The maximum atomic E-state index is 4.46. The van der Waals surface area contributed by atoms with E-state index in [0.717, 1.165) is 28.0 Å². The van der Waals surface area contributed by atoms with Crippen molar-refractivity contribution in [2.24, 2.45) is 0 Å². The van der Waals surface area contributed by atoms with Gasteiger partial charge in [-0.25, -0.2) is 9.97 Å². The molecule has 0 aromatic carbocycles. The van der Waals surface area contributed by atoms with Gasteiger partial charge in [-0.15, -0.1) is 0 Å². The van der Waals surface area contributed by atoms with Crippen molar-refractivity contribution in [2.75, 3.05) is 0 Å². The van der Waals surface area contributed by atoms with Crippen molar-refractivity contribution in [3.8, 4) is 11.3 Å². The van der Waals surface area contributed by atoms with Crippen LogP contribution in [0.3, 0.4) is 0 Å². The maximum absolute atomic E-state index is 4.46. The molecular weight excluding hydrogens is 254 g/mol. The van der Waals surface area contributed by atoms with Gasteiger partial charge in [0, 0.05) is 30.6 Å². The van der Waals surface area contributed by atoms with Crippen LogP contribution in [0.25, 0.3) is 11.3 Å². The van der Waals surface area contributed by atoms with Gasteiger partial charge in [0.25, 0.3) is 0 Å². The topological polar surface area (TPSA) is 38.7 Å². The van der Waals surface area contributed by atoms with Crippen LogP contribution in [0.2, 0.25) is 0 Å². The van der Waals surface area contributed by atoms with E-state index >= 15 is 0 Å². The summed E-state index contributed by atoms with van der Waals surface area (Å²) >= 11 is 3.44. The van der Waals surface area contributed by atoms with E-state index in [9.17, 15) is 0 Å². The van der Waals surface area contributed by atoms with E-state index in [2.05, 4.69) is 30.9 Å². The minimum Gasteiger partial charge on any atom is -0.264 e. The van der Waals surface area contributed by atoms with Crippen LogP contribution in [0.1, 0.15) is 12.7 Å². The standard InChI is InChI=1S/C11H10BrN3/c1-2-10-14-7-9(12)11(15-10)8-4-3-5-13-6-8/h3-7H,2H2,1H3. The molecular formula is C11H10BrN3. The van der Waals surface area contributed by atoms with E-state index < -0.39 is 0 Å². The lowest BCUT2D eigenvalue weighted by Crippen LogP contribution is -1.95. The molecule has 0 fully saturated rings. The summed E-state index contributed by atoms with van der Waals surface area (Å²) in [6, 6.07) is 3.88. The van der Waals surface area contributed by atoms with Gasteiger partial charge < -0.3 is 0 Å². The molecule has 0 atom stereocenters. The fourth-order valence-electron chi connectivity index (χ4n) is 1.28. The van der Waals surface area contributed by atoms with Crippen LogP contribution in [0, 0.1) is 0 Å². The van der Waals surface area contributed by atoms with Crippen LogP contribution in [0.4, 0.5) is 0 Å². The molecule has 2 heterocycles. The second-order valence-corrected chi connectivity index (χ2v) is 3.93. The first kappa shape index (κ1) is 10.2. The first-order valence-electron chi connectivity index (χ1n) is 4.73. The summed E-state index contributed by atoms with van der Waals surface area (Å²) < 4.78 is 0.896. The second-order valence-electron chi connectivity index (χ2n) is 3.08. The fraction of sp³-hybridized carbons (Fsp3) is 0.182. The smallest absolute Gasteiger partial charge is 0.128 e. The third-order valence-corrected chi connectivity index (χ3v) is 2.63. The molecule has 0 radical (unpaired) electrons. The number of pyridine rings is 1. The normalized spacial score (nSPS) is 10.3. The summed E-state index contributed by atoms with van der Waals surface area (Å²) in [7, 11) is 0. The van der Waals surface area contributed by atoms with Crippen LogP contribution in [0.15, 0.2) is 35.2 Å². The zero-order chi connectivity index (χ0) is 10.7. The molecule has 2 rings (SSSR count). The van der Waals surface area contributed by atoms with Crippen LogP contribution in [0.5, 0.6) is 0 Å². The van der Waals surface area contributed by atoms with E-state index in [4.69, 9.17) is 0 Å². The van der Waals surface area contributed by atoms with Crippen molar-refractivity contribution >= 4 is 15.9 Å². The van der Waals surface area contributed by atoms with E-state index in [1.54, 1.807) is 18.6 Å². The molecule has 0 bridgehead atoms. The van der Waals surface area contributed by atoms with Crippen molar-refractivity contribution in [1.29, 1.82) is 0 Å². The Labute approximate surface area is 96.7 Å². The summed E-state index contributed by atoms with van der Waals surface area (Å²) in [5.41, 5.74) is 1.90.